The SMILES string of the molecule is N#Cc1ccc(N2C[C@H]3CN(C(=O)C4CCC4)CC[C@@]3(CO)C2)cc1C(F)(F)F. The van der Waals surface area contributed by atoms with Crippen molar-refractivity contribution in [3.05, 3.63) is 29.3 Å². The Morgan fingerprint density at radius 3 is 2.66 bits per heavy atom. The molecule has 1 N–H and O–H groups in total. The van der Waals surface area contributed by atoms with E-state index in [1.807, 2.05) is 9.80 Å². The van der Waals surface area contributed by atoms with Gasteiger partial charge < -0.3 is 14.9 Å². The molecule has 156 valence electrons. The number of hydrogen-bond acceptors (Lipinski definition) is 4. The Morgan fingerprint density at radius 1 is 1.31 bits per heavy atom. The molecule has 0 bridgehead atoms. The number of alkyl halides is 3. The quantitative estimate of drug-likeness (QED) is 0.837. The summed E-state index contributed by atoms with van der Waals surface area (Å²) in [5.74, 6) is 0.302. The maximum absolute atomic E-state index is 13.3. The number of nitriles is 1. The zero-order valence-corrected chi connectivity index (χ0v) is 16.1. The predicted molar refractivity (Wildman–Crippen MR) is 99.9 cm³/mol. The van der Waals surface area contributed by atoms with Crippen LogP contribution in [0.15, 0.2) is 18.2 Å². The topological polar surface area (TPSA) is 67.6 Å². The third-order valence-electron chi connectivity index (χ3n) is 7.01. The highest BCUT2D eigenvalue weighted by Gasteiger charge is 2.50. The summed E-state index contributed by atoms with van der Waals surface area (Å²) in [4.78, 5) is 16.4. The van der Waals surface area contributed by atoms with Gasteiger partial charge in [-0.25, -0.2) is 0 Å². The van der Waals surface area contributed by atoms with E-state index in [0.717, 1.165) is 25.3 Å². The van der Waals surface area contributed by atoms with Gasteiger partial charge in [0.05, 0.1) is 23.8 Å². The van der Waals surface area contributed by atoms with Gasteiger partial charge in [-0.15, -0.1) is 0 Å². The molecule has 0 radical (unpaired) electrons. The maximum atomic E-state index is 13.3. The fraction of sp³-hybridized carbons (Fsp3) is 0.619. The van der Waals surface area contributed by atoms with Gasteiger partial charge in [0.25, 0.3) is 0 Å². The Bertz CT molecular complexity index is 847. The Hall–Kier alpha value is -2.27. The van der Waals surface area contributed by atoms with Crippen LogP contribution in [0.5, 0.6) is 0 Å². The van der Waals surface area contributed by atoms with Gasteiger partial charge in [-0.3, -0.25) is 4.79 Å². The lowest BCUT2D eigenvalue weighted by Gasteiger charge is -2.44. The fourth-order valence-corrected chi connectivity index (χ4v) is 4.91. The van der Waals surface area contributed by atoms with Crippen LogP contribution in [0.3, 0.4) is 0 Å². The third-order valence-corrected chi connectivity index (χ3v) is 7.01. The molecule has 1 saturated carbocycles. The van der Waals surface area contributed by atoms with Crippen molar-refractivity contribution in [3.63, 3.8) is 0 Å². The second-order valence-electron chi connectivity index (χ2n) is 8.60. The van der Waals surface area contributed by atoms with Gasteiger partial charge in [0, 0.05) is 49.1 Å². The molecule has 1 aromatic rings. The van der Waals surface area contributed by atoms with E-state index >= 15 is 0 Å². The van der Waals surface area contributed by atoms with Gasteiger partial charge in [-0.2, -0.15) is 18.4 Å². The number of halogens is 3. The van der Waals surface area contributed by atoms with Crippen LogP contribution in [-0.4, -0.2) is 48.7 Å². The van der Waals surface area contributed by atoms with E-state index in [2.05, 4.69) is 0 Å². The van der Waals surface area contributed by atoms with Crippen LogP contribution >= 0.6 is 0 Å². The van der Waals surface area contributed by atoms with Crippen LogP contribution in [0.1, 0.15) is 36.8 Å². The lowest BCUT2D eigenvalue weighted by Crippen LogP contribution is -2.52. The van der Waals surface area contributed by atoms with Crippen molar-refractivity contribution in [2.45, 2.75) is 31.9 Å². The first kappa shape index (κ1) is 20.0. The molecule has 0 aromatic heterocycles. The molecule has 4 rings (SSSR count). The summed E-state index contributed by atoms with van der Waals surface area (Å²) in [5.41, 5.74) is -1.35. The van der Waals surface area contributed by atoms with E-state index < -0.39 is 22.7 Å². The average molecular weight is 407 g/mol. The van der Waals surface area contributed by atoms with Crippen LogP contribution in [0, 0.1) is 28.6 Å². The van der Waals surface area contributed by atoms with Crippen molar-refractivity contribution in [1.29, 1.82) is 5.26 Å². The molecule has 2 atom stereocenters. The Morgan fingerprint density at radius 2 is 2.07 bits per heavy atom. The Labute approximate surface area is 167 Å². The fourth-order valence-electron chi connectivity index (χ4n) is 4.91. The number of aliphatic hydroxyl groups is 1. The van der Waals surface area contributed by atoms with E-state index in [4.69, 9.17) is 5.26 Å². The number of aliphatic hydroxyl groups excluding tert-OH is 1. The number of carbonyl (C=O) groups is 1. The third kappa shape index (κ3) is 3.46. The first-order chi connectivity index (χ1) is 13.8. The highest BCUT2D eigenvalue weighted by atomic mass is 19.4. The number of rotatable bonds is 3. The van der Waals surface area contributed by atoms with E-state index in [9.17, 15) is 23.1 Å². The summed E-state index contributed by atoms with van der Waals surface area (Å²) in [5, 5.41) is 19.1. The summed E-state index contributed by atoms with van der Waals surface area (Å²) in [6.45, 7) is 2.00. The number of amides is 1. The summed E-state index contributed by atoms with van der Waals surface area (Å²) in [6, 6.07) is 5.37. The monoisotopic (exact) mass is 407 g/mol. The molecule has 1 aromatic carbocycles. The number of hydrogen-bond donors (Lipinski definition) is 1. The van der Waals surface area contributed by atoms with E-state index in [1.165, 1.54) is 12.1 Å². The van der Waals surface area contributed by atoms with Gasteiger partial charge in [0.15, 0.2) is 0 Å². The zero-order valence-electron chi connectivity index (χ0n) is 16.1. The normalized spacial score (nSPS) is 27.3. The highest BCUT2D eigenvalue weighted by molar-refractivity contribution is 5.79. The van der Waals surface area contributed by atoms with Crippen molar-refractivity contribution in [3.8, 4) is 6.07 Å². The summed E-state index contributed by atoms with van der Waals surface area (Å²) < 4.78 is 40.0. The maximum Gasteiger partial charge on any atom is 0.417 e. The van der Waals surface area contributed by atoms with E-state index in [0.29, 0.717) is 38.3 Å². The molecular weight excluding hydrogens is 383 g/mol. The molecule has 29 heavy (non-hydrogen) atoms. The average Bonchev–Trinajstić information content (AvgIpc) is 3.04. The number of anilines is 1. The summed E-state index contributed by atoms with van der Waals surface area (Å²) >= 11 is 0. The van der Waals surface area contributed by atoms with Gasteiger partial charge in [-0.05, 0) is 37.5 Å². The van der Waals surface area contributed by atoms with Crippen LogP contribution in [0.25, 0.3) is 0 Å². The second-order valence-corrected chi connectivity index (χ2v) is 8.60. The molecule has 2 aliphatic heterocycles. The summed E-state index contributed by atoms with van der Waals surface area (Å²) in [7, 11) is 0. The van der Waals surface area contributed by atoms with Crippen LogP contribution < -0.4 is 4.90 Å². The molecule has 3 aliphatic rings. The second kappa shape index (κ2) is 7.21. The first-order valence-electron chi connectivity index (χ1n) is 10.0. The zero-order chi connectivity index (χ0) is 20.8. The van der Waals surface area contributed by atoms with Crippen LogP contribution in [0.2, 0.25) is 0 Å². The van der Waals surface area contributed by atoms with Crippen molar-refractivity contribution < 1.29 is 23.1 Å². The minimum Gasteiger partial charge on any atom is -0.396 e. The van der Waals surface area contributed by atoms with Gasteiger partial charge in [0.1, 0.15) is 0 Å². The molecule has 2 heterocycles. The largest absolute Gasteiger partial charge is 0.417 e. The van der Waals surface area contributed by atoms with Crippen LogP contribution in [-0.2, 0) is 11.0 Å². The van der Waals surface area contributed by atoms with Crippen molar-refractivity contribution >= 4 is 11.6 Å². The molecule has 8 heteroatoms. The molecule has 0 spiro atoms. The number of benzene rings is 1. The standard InChI is InChI=1S/C21H24F3N3O2/c22-21(23,24)18-8-17(5-4-15(18)9-25)27-11-16-10-26(19(29)14-2-1-3-14)7-6-20(16,12-27)13-28/h4-5,8,14,16,28H,1-3,6-7,10-13H2/t16-,20+/m1/s1. The predicted octanol–water partition coefficient (Wildman–Crippen LogP) is 3.02. The van der Waals surface area contributed by atoms with E-state index in [1.54, 1.807) is 6.07 Å². The van der Waals surface area contributed by atoms with Gasteiger partial charge >= 0.3 is 6.18 Å². The number of fused-ring (bicyclic) bond motifs is 1. The highest BCUT2D eigenvalue weighted by Crippen LogP contribution is 2.45. The van der Waals surface area contributed by atoms with Crippen molar-refractivity contribution in [1.82, 2.24) is 4.90 Å². The molecule has 3 fully saturated rings. The number of nitrogens with zero attached hydrogens (tertiary/aromatic N) is 3. The Kier molecular flexibility index (Phi) is 4.97. The Balaban J connectivity index is 1.56. The van der Waals surface area contributed by atoms with Gasteiger partial charge in [-0.1, -0.05) is 6.42 Å². The van der Waals surface area contributed by atoms with Crippen molar-refractivity contribution in [2.24, 2.45) is 17.3 Å². The van der Waals surface area contributed by atoms with E-state index in [-0.39, 0.29) is 24.3 Å². The van der Waals surface area contributed by atoms with Crippen LogP contribution in [0.4, 0.5) is 18.9 Å². The minimum atomic E-state index is -4.60. The lowest BCUT2D eigenvalue weighted by molar-refractivity contribution is -0.142. The first-order valence-corrected chi connectivity index (χ1v) is 10.0. The van der Waals surface area contributed by atoms with Gasteiger partial charge in [0.2, 0.25) is 5.91 Å². The minimum absolute atomic E-state index is 0.00950. The number of piperidine rings is 1. The number of carbonyl (C=O) groups excluding carboxylic acids is 1. The molecule has 2 saturated heterocycles. The smallest absolute Gasteiger partial charge is 0.396 e. The van der Waals surface area contributed by atoms with Crippen molar-refractivity contribution in [2.75, 3.05) is 37.7 Å². The number of likely N-dealkylation sites (tertiary alicyclic amines) is 1. The lowest BCUT2D eigenvalue weighted by atomic mass is 9.72. The molecule has 5 nitrogen and oxygen atoms in total. The molecular formula is C21H24F3N3O2. The molecule has 1 aliphatic carbocycles. The molecule has 0 unspecified atom stereocenters. The molecule has 1 amide bonds. The summed E-state index contributed by atoms with van der Waals surface area (Å²) in [6.07, 6.45) is -1.01.